The summed E-state index contributed by atoms with van der Waals surface area (Å²) in [7, 11) is 1.94. The second kappa shape index (κ2) is 4.22. The summed E-state index contributed by atoms with van der Waals surface area (Å²) in [6, 6.07) is 0. The Morgan fingerprint density at radius 2 is 2.07 bits per heavy atom. The normalized spacial score (nSPS) is 20.5. The van der Waals surface area contributed by atoms with Crippen molar-refractivity contribution in [2.75, 3.05) is 6.54 Å². The molecule has 4 nitrogen and oxygen atoms in total. The Balaban J connectivity index is 2.40. The fraction of sp³-hybridized carbons (Fsp3) is 0.800. The molecule has 0 saturated heterocycles. The Hall–Kier alpha value is -0.420. The number of hydrogen-bond donors (Lipinski definition) is 1. The Morgan fingerprint density at radius 1 is 1.40 bits per heavy atom. The maximum atomic E-state index is 5.98. The summed E-state index contributed by atoms with van der Waals surface area (Å²) >= 11 is 3.48. The lowest BCUT2D eigenvalue weighted by atomic mass is 9.72. The third-order valence-electron chi connectivity index (χ3n) is 3.49. The summed E-state index contributed by atoms with van der Waals surface area (Å²) in [5.74, 6) is 0. The van der Waals surface area contributed by atoms with Gasteiger partial charge in [-0.2, -0.15) is 0 Å². The van der Waals surface area contributed by atoms with Crippen LogP contribution in [-0.2, 0) is 12.5 Å². The van der Waals surface area contributed by atoms with Crippen LogP contribution < -0.4 is 5.73 Å². The van der Waals surface area contributed by atoms with E-state index >= 15 is 0 Å². The van der Waals surface area contributed by atoms with Gasteiger partial charge in [0.15, 0.2) is 4.60 Å². The third kappa shape index (κ3) is 1.83. The van der Waals surface area contributed by atoms with Crippen LogP contribution in [0, 0.1) is 0 Å². The molecule has 0 atom stereocenters. The first-order valence-corrected chi connectivity index (χ1v) is 6.25. The summed E-state index contributed by atoms with van der Waals surface area (Å²) in [6.07, 6.45) is 6.15. The van der Waals surface area contributed by atoms with Crippen molar-refractivity contribution in [1.82, 2.24) is 15.0 Å². The van der Waals surface area contributed by atoms with Gasteiger partial charge in [-0.3, -0.25) is 4.68 Å². The SMILES string of the molecule is Cn1nnc(Br)c1C1(CN)CCCCC1. The Morgan fingerprint density at radius 3 is 2.53 bits per heavy atom. The molecule has 1 saturated carbocycles. The molecule has 0 aliphatic heterocycles. The highest BCUT2D eigenvalue weighted by Crippen LogP contribution is 2.40. The van der Waals surface area contributed by atoms with Crippen molar-refractivity contribution < 1.29 is 0 Å². The molecule has 1 aliphatic rings. The molecule has 15 heavy (non-hydrogen) atoms. The van der Waals surface area contributed by atoms with Gasteiger partial charge >= 0.3 is 0 Å². The molecule has 2 N–H and O–H groups in total. The fourth-order valence-corrected chi connectivity index (χ4v) is 3.41. The minimum absolute atomic E-state index is 0.0926. The minimum Gasteiger partial charge on any atom is -0.330 e. The molecule has 0 aromatic carbocycles. The largest absolute Gasteiger partial charge is 0.330 e. The van der Waals surface area contributed by atoms with E-state index in [2.05, 4.69) is 26.2 Å². The standard InChI is InChI=1S/C10H17BrN4/c1-15-8(9(11)13-14-15)10(7-12)5-3-2-4-6-10/h2-7,12H2,1H3. The molecule has 0 bridgehead atoms. The summed E-state index contributed by atoms with van der Waals surface area (Å²) in [5.41, 5.74) is 7.24. The summed E-state index contributed by atoms with van der Waals surface area (Å²) in [5, 5.41) is 8.11. The van der Waals surface area contributed by atoms with Gasteiger partial charge in [-0.25, -0.2) is 0 Å². The van der Waals surface area contributed by atoms with Crippen molar-refractivity contribution in [1.29, 1.82) is 0 Å². The van der Waals surface area contributed by atoms with Gasteiger partial charge in [0.1, 0.15) is 0 Å². The predicted octanol–water partition coefficient (Wildman–Crippen LogP) is 1.74. The van der Waals surface area contributed by atoms with Crippen LogP contribution in [0.5, 0.6) is 0 Å². The molecule has 0 radical (unpaired) electrons. The second-order valence-electron chi connectivity index (χ2n) is 4.40. The summed E-state index contributed by atoms with van der Waals surface area (Å²) in [4.78, 5) is 0. The average Bonchev–Trinajstić information content (AvgIpc) is 2.60. The molecule has 5 heteroatoms. The van der Waals surface area contributed by atoms with Crippen molar-refractivity contribution in [3.8, 4) is 0 Å². The van der Waals surface area contributed by atoms with Gasteiger partial charge in [0.25, 0.3) is 0 Å². The monoisotopic (exact) mass is 272 g/mol. The Bertz CT molecular complexity index is 322. The van der Waals surface area contributed by atoms with E-state index in [4.69, 9.17) is 5.73 Å². The van der Waals surface area contributed by atoms with E-state index in [0.717, 1.165) is 17.4 Å². The number of aromatic nitrogens is 3. The molecule has 1 aliphatic carbocycles. The van der Waals surface area contributed by atoms with Gasteiger partial charge in [0.2, 0.25) is 0 Å². The maximum Gasteiger partial charge on any atom is 0.152 e. The first-order chi connectivity index (χ1) is 7.19. The highest BCUT2D eigenvalue weighted by molar-refractivity contribution is 9.10. The van der Waals surface area contributed by atoms with Crippen LogP contribution in [-0.4, -0.2) is 21.5 Å². The zero-order chi connectivity index (χ0) is 10.9. The number of halogens is 1. The van der Waals surface area contributed by atoms with Gasteiger partial charge in [-0.05, 0) is 28.8 Å². The molecule has 0 amide bonds. The Labute approximate surface area is 98.3 Å². The van der Waals surface area contributed by atoms with Crippen molar-refractivity contribution >= 4 is 15.9 Å². The first-order valence-electron chi connectivity index (χ1n) is 5.45. The van der Waals surface area contributed by atoms with Gasteiger partial charge in [-0.15, -0.1) is 5.10 Å². The number of hydrogen-bond acceptors (Lipinski definition) is 3. The molecular weight excluding hydrogens is 256 g/mol. The van der Waals surface area contributed by atoms with Gasteiger partial charge in [0.05, 0.1) is 5.69 Å². The van der Waals surface area contributed by atoms with E-state index in [0.29, 0.717) is 6.54 Å². The third-order valence-corrected chi connectivity index (χ3v) is 4.02. The molecule has 0 spiro atoms. The lowest BCUT2D eigenvalue weighted by molar-refractivity contribution is 0.283. The molecule has 1 aromatic rings. The van der Waals surface area contributed by atoms with Crippen molar-refractivity contribution in [3.63, 3.8) is 0 Å². The first kappa shape index (κ1) is 11.1. The van der Waals surface area contributed by atoms with Crippen molar-refractivity contribution in [2.24, 2.45) is 12.8 Å². The lowest BCUT2D eigenvalue weighted by Crippen LogP contribution is -2.39. The van der Waals surface area contributed by atoms with Crippen LogP contribution in [0.25, 0.3) is 0 Å². The summed E-state index contributed by atoms with van der Waals surface area (Å²) < 4.78 is 2.72. The maximum absolute atomic E-state index is 5.98. The molecule has 1 aromatic heterocycles. The second-order valence-corrected chi connectivity index (χ2v) is 5.15. The molecule has 2 rings (SSSR count). The van der Waals surface area contributed by atoms with Crippen LogP contribution in [0.1, 0.15) is 37.8 Å². The quantitative estimate of drug-likeness (QED) is 0.893. The van der Waals surface area contributed by atoms with E-state index in [1.807, 2.05) is 11.7 Å². The topological polar surface area (TPSA) is 56.7 Å². The van der Waals surface area contributed by atoms with Crippen molar-refractivity contribution in [3.05, 3.63) is 10.3 Å². The van der Waals surface area contributed by atoms with E-state index in [1.54, 1.807) is 0 Å². The average molecular weight is 273 g/mol. The molecule has 1 fully saturated rings. The zero-order valence-corrected chi connectivity index (χ0v) is 10.6. The predicted molar refractivity (Wildman–Crippen MR) is 62.5 cm³/mol. The molecular formula is C10H17BrN4. The van der Waals surface area contributed by atoms with E-state index in [-0.39, 0.29) is 5.41 Å². The number of rotatable bonds is 2. The zero-order valence-electron chi connectivity index (χ0n) is 9.04. The highest BCUT2D eigenvalue weighted by Gasteiger charge is 2.37. The van der Waals surface area contributed by atoms with Crippen molar-refractivity contribution in [2.45, 2.75) is 37.5 Å². The molecule has 0 unspecified atom stereocenters. The lowest BCUT2D eigenvalue weighted by Gasteiger charge is -2.36. The summed E-state index contributed by atoms with van der Waals surface area (Å²) in [6.45, 7) is 0.687. The van der Waals surface area contributed by atoms with Crippen LogP contribution in [0.15, 0.2) is 4.60 Å². The number of nitrogens with two attached hydrogens (primary N) is 1. The van der Waals surface area contributed by atoms with Gasteiger partial charge in [0, 0.05) is 19.0 Å². The minimum atomic E-state index is 0.0926. The van der Waals surface area contributed by atoms with E-state index < -0.39 is 0 Å². The fourth-order valence-electron chi connectivity index (χ4n) is 2.66. The molecule has 84 valence electrons. The molecule has 1 heterocycles. The Kier molecular flexibility index (Phi) is 3.11. The van der Waals surface area contributed by atoms with E-state index in [9.17, 15) is 0 Å². The highest BCUT2D eigenvalue weighted by atomic mass is 79.9. The van der Waals surface area contributed by atoms with Gasteiger partial charge in [-0.1, -0.05) is 24.5 Å². The van der Waals surface area contributed by atoms with Crippen LogP contribution >= 0.6 is 15.9 Å². The number of aryl methyl sites for hydroxylation is 1. The van der Waals surface area contributed by atoms with E-state index in [1.165, 1.54) is 25.0 Å². The van der Waals surface area contributed by atoms with Crippen LogP contribution in [0.4, 0.5) is 0 Å². The van der Waals surface area contributed by atoms with Gasteiger partial charge < -0.3 is 5.73 Å². The number of nitrogens with zero attached hydrogens (tertiary/aromatic N) is 3. The van der Waals surface area contributed by atoms with Crippen LogP contribution in [0.2, 0.25) is 0 Å². The smallest absolute Gasteiger partial charge is 0.152 e. The van der Waals surface area contributed by atoms with Crippen LogP contribution in [0.3, 0.4) is 0 Å².